The third kappa shape index (κ3) is 4.12. The molecule has 134 valence electrons. The van der Waals surface area contributed by atoms with Gasteiger partial charge in [0.05, 0.1) is 4.90 Å². The largest absolute Gasteiger partial charge is 0.471 e. The molecule has 2 heterocycles. The van der Waals surface area contributed by atoms with Gasteiger partial charge < -0.3 is 4.74 Å². The molecule has 0 saturated heterocycles. The molecule has 0 radical (unpaired) electrons. The van der Waals surface area contributed by atoms with Crippen LogP contribution >= 0.6 is 11.6 Å². The zero-order valence-electron chi connectivity index (χ0n) is 13.9. The van der Waals surface area contributed by atoms with E-state index in [1.165, 1.54) is 12.3 Å². The quantitative estimate of drug-likeness (QED) is 0.693. The van der Waals surface area contributed by atoms with Crippen molar-refractivity contribution in [2.24, 2.45) is 0 Å². The van der Waals surface area contributed by atoms with Crippen molar-refractivity contribution >= 4 is 27.3 Å². The van der Waals surface area contributed by atoms with E-state index in [-0.39, 0.29) is 23.1 Å². The highest BCUT2D eigenvalue weighted by Crippen LogP contribution is 2.28. The van der Waals surface area contributed by atoms with Crippen molar-refractivity contribution in [3.8, 4) is 5.88 Å². The molecule has 2 aromatic heterocycles. The summed E-state index contributed by atoms with van der Waals surface area (Å²) in [6, 6.07) is 11.6. The van der Waals surface area contributed by atoms with E-state index in [0.29, 0.717) is 10.6 Å². The van der Waals surface area contributed by atoms with E-state index in [1.807, 2.05) is 6.07 Å². The fraction of sp³-hybridized carbons (Fsp3) is 0.111. The van der Waals surface area contributed by atoms with Crippen molar-refractivity contribution < 1.29 is 13.2 Å². The van der Waals surface area contributed by atoms with Crippen LogP contribution in [0.1, 0.15) is 11.1 Å². The highest BCUT2D eigenvalue weighted by atomic mass is 35.5. The van der Waals surface area contributed by atoms with E-state index in [9.17, 15) is 8.42 Å². The Morgan fingerprint density at radius 3 is 2.69 bits per heavy atom. The van der Waals surface area contributed by atoms with E-state index in [4.69, 9.17) is 16.3 Å². The molecule has 0 atom stereocenters. The first-order valence-electron chi connectivity index (χ1n) is 7.72. The Labute approximate surface area is 156 Å². The first kappa shape index (κ1) is 18.2. The zero-order chi connectivity index (χ0) is 18.6. The fourth-order valence-corrected chi connectivity index (χ4v) is 3.85. The Bertz CT molecular complexity index is 1010. The number of nitrogens with zero attached hydrogens (tertiary/aromatic N) is 2. The van der Waals surface area contributed by atoms with Crippen molar-refractivity contribution in [2.45, 2.75) is 18.4 Å². The predicted octanol–water partition coefficient (Wildman–Crippen LogP) is 3.82. The number of hydrogen-bond acceptors (Lipinski definition) is 5. The molecule has 0 saturated carbocycles. The molecule has 0 fully saturated rings. The lowest BCUT2D eigenvalue weighted by atomic mass is 10.2. The topological polar surface area (TPSA) is 81.2 Å². The van der Waals surface area contributed by atoms with Crippen LogP contribution in [-0.4, -0.2) is 18.4 Å². The van der Waals surface area contributed by atoms with Crippen molar-refractivity contribution in [3.63, 3.8) is 0 Å². The average Bonchev–Trinajstić information content (AvgIpc) is 2.64. The van der Waals surface area contributed by atoms with Crippen molar-refractivity contribution in [3.05, 3.63) is 77.2 Å². The lowest BCUT2D eigenvalue weighted by molar-refractivity contribution is 0.295. The third-order valence-corrected chi connectivity index (χ3v) is 5.54. The zero-order valence-corrected chi connectivity index (χ0v) is 15.5. The Morgan fingerprint density at radius 1 is 1.12 bits per heavy atom. The summed E-state index contributed by atoms with van der Waals surface area (Å²) in [6.07, 6.45) is 4.86. The van der Waals surface area contributed by atoms with Crippen LogP contribution in [0.3, 0.4) is 0 Å². The lowest BCUT2D eigenvalue weighted by Gasteiger charge is -2.14. The first-order valence-corrected chi connectivity index (χ1v) is 9.58. The van der Waals surface area contributed by atoms with E-state index in [2.05, 4.69) is 14.7 Å². The molecule has 0 aliphatic rings. The molecule has 0 bridgehead atoms. The normalized spacial score (nSPS) is 11.2. The van der Waals surface area contributed by atoms with Crippen LogP contribution in [0.5, 0.6) is 5.88 Å². The van der Waals surface area contributed by atoms with Gasteiger partial charge in [-0.1, -0.05) is 23.7 Å². The van der Waals surface area contributed by atoms with Gasteiger partial charge in [0.1, 0.15) is 12.3 Å². The van der Waals surface area contributed by atoms with Crippen LogP contribution in [0.25, 0.3) is 0 Å². The van der Waals surface area contributed by atoms with Gasteiger partial charge in [-0.25, -0.2) is 13.4 Å². The van der Waals surface area contributed by atoms with Crippen molar-refractivity contribution in [1.29, 1.82) is 0 Å². The van der Waals surface area contributed by atoms with Crippen LogP contribution < -0.4 is 9.46 Å². The van der Waals surface area contributed by atoms with Gasteiger partial charge in [-0.3, -0.25) is 9.71 Å². The van der Waals surface area contributed by atoms with Crippen LogP contribution in [0.4, 0.5) is 5.69 Å². The monoisotopic (exact) mass is 389 g/mol. The number of sulfonamides is 1. The summed E-state index contributed by atoms with van der Waals surface area (Å²) in [5.74, 6) is 0.180. The van der Waals surface area contributed by atoms with Gasteiger partial charge >= 0.3 is 0 Å². The maximum Gasteiger partial charge on any atom is 0.262 e. The Kier molecular flexibility index (Phi) is 5.39. The molecular weight excluding hydrogens is 374 g/mol. The molecule has 6 nitrogen and oxygen atoms in total. The summed E-state index contributed by atoms with van der Waals surface area (Å²) < 4.78 is 33.6. The van der Waals surface area contributed by atoms with Gasteiger partial charge in [-0.05, 0) is 42.8 Å². The second-order valence-electron chi connectivity index (χ2n) is 5.47. The number of pyridine rings is 2. The van der Waals surface area contributed by atoms with Gasteiger partial charge in [0.25, 0.3) is 10.0 Å². The van der Waals surface area contributed by atoms with E-state index in [1.54, 1.807) is 49.6 Å². The number of hydrogen-bond donors (Lipinski definition) is 1. The highest BCUT2D eigenvalue weighted by molar-refractivity contribution is 7.92. The third-order valence-electron chi connectivity index (χ3n) is 3.62. The molecule has 0 aliphatic carbocycles. The summed E-state index contributed by atoms with van der Waals surface area (Å²) in [7, 11) is -3.84. The summed E-state index contributed by atoms with van der Waals surface area (Å²) in [5.41, 5.74) is 1.57. The molecule has 3 rings (SSSR count). The Morgan fingerprint density at radius 2 is 1.92 bits per heavy atom. The first-order chi connectivity index (χ1) is 12.5. The Balaban J connectivity index is 1.85. The molecule has 0 aliphatic heterocycles. The number of anilines is 1. The highest BCUT2D eigenvalue weighted by Gasteiger charge is 2.20. The molecule has 26 heavy (non-hydrogen) atoms. The van der Waals surface area contributed by atoms with Crippen LogP contribution in [0.2, 0.25) is 5.02 Å². The van der Waals surface area contributed by atoms with Gasteiger partial charge in [0.15, 0.2) is 0 Å². The molecule has 0 spiro atoms. The summed E-state index contributed by atoms with van der Waals surface area (Å²) in [6.45, 7) is 1.87. The molecule has 0 amide bonds. The molecule has 1 N–H and O–H groups in total. The van der Waals surface area contributed by atoms with Gasteiger partial charge in [0, 0.05) is 29.2 Å². The Hall–Kier alpha value is -2.64. The summed E-state index contributed by atoms with van der Waals surface area (Å²) in [4.78, 5) is 8.23. The van der Waals surface area contributed by atoms with Crippen molar-refractivity contribution in [1.82, 2.24) is 9.97 Å². The number of rotatable bonds is 6. The van der Waals surface area contributed by atoms with E-state index in [0.717, 1.165) is 5.56 Å². The number of benzene rings is 1. The minimum Gasteiger partial charge on any atom is -0.471 e. The smallest absolute Gasteiger partial charge is 0.262 e. The van der Waals surface area contributed by atoms with Gasteiger partial charge in [0.2, 0.25) is 5.88 Å². The maximum absolute atomic E-state index is 12.7. The second-order valence-corrected chi connectivity index (χ2v) is 7.53. The SMILES string of the molecule is Cc1c(Cl)cccc1S(=O)(=O)Nc1cccnc1OCc1cccnc1. The van der Waals surface area contributed by atoms with E-state index < -0.39 is 10.0 Å². The van der Waals surface area contributed by atoms with Crippen LogP contribution in [0, 0.1) is 6.92 Å². The molecule has 8 heteroatoms. The lowest BCUT2D eigenvalue weighted by Crippen LogP contribution is -2.15. The summed E-state index contributed by atoms with van der Waals surface area (Å²) in [5, 5.41) is 0.382. The number of aromatic nitrogens is 2. The van der Waals surface area contributed by atoms with Crippen molar-refractivity contribution in [2.75, 3.05) is 4.72 Å². The maximum atomic E-state index is 12.7. The number of halogens is 1. The minimum atomic E-state index is -3.84. The molecular formula is C18H16ClN3O3S. The molecule has 0 unspecified atom stereocenters. The molecule has 3 aromatic rings. The minimum absolute atomic E-state index is 0.104. The molecule has 1 aromatic carbocycles. The van der Waals surface area contributed by atoms with Crippen LogP contribution in [-0.2, 0) is 16.6 Å². The predicted molar refractivity (Wildman–Crippen MR) is 99.8 cm³/mol. The summed E-state index contributed by atoms with van der Waals surface area (Å²) >= 11 is 6.04. The fourth-order valence-electron chi connectivity index (χ4n) is 2.30. The van der Waals surface area contributed by atoms with Crippen LogP contribution in [0.15, 0.2) is 66.0 Å². The number of nitrogens with one attached hydrogen (secondary N) is 1. The van der Waals surface area contributed by atoms with E-state index >= 15 is 0 Å². The second kappa shape index (κ2) is 7.72. The average molecular weight is 390 g/mol. The standard InChI is InChI=1S/C18H16ClN3O3S/c1-13-15(19)6-2-8-17(13)26(23,24)22-16-7-4-10-21-18(16)25-12-14-5-3-9-20-11-14/h2-11,22H,12H2,1H3. The van der Waals surface area contributed by atoms with Gasteiger partial charge in [-0.15, -0.1) is 0 Å². The van der Waals surface area contributed by atoms with Gasteiger partial charge in [-0.2, -0.15) is 0 Å². The number of ether oxygens (including phenoxy) is 1.